The molecule has 0 heterocycles. The van der Waals surface area contributed by atoms with E-state index in [0.29, 0.717) is 0 Å². The Kier molecular flexibility index (Phi) is 26.5. The summed E-state index contributed by atoms with van der Waals surface area (Å²) in [6.45, 7) is 10.1. The Balaban J connectivity index is 4.13. The minimum atomic E-state index is 1.08. The molecule has 0 fully saturated rings. The largest absolute Gasteiger partial charge is 0.292 e. The first kappa shape index (κ1) is 30.2. The summed E-state index contributed by atoms with van der Waals surface area (Å²) < 4.78 is 0. The molecule has 31 heavy (non-hydrogen) atoms. The van der Waals surface area contributed by atoms with E-state index in [1.807, 2.05) is 0 Å². The van der Waals surface area contributed by atoms with E-state index in [4.69, 9.17) is 0 Å². The van der Waals surface area contributed by atoms with Crippen molar-refractivity contribution in [1.82, 2.24) is 4.90 Å². The highest BCUT2D eigenvalue weighted by Gasteiger charge is 1.98. The molecule has 0 atom stereocenters. The Bertz CT molecular complexity index is 345. The minimum Gasteiger partial charge on any atom is -0.292 e. The molecule has 0 saturated heterocycles. The van der Waals surface area contributed by atoms with Crippen LogP contribution >= 0.6 is 0 Å². The topological polar surface area (TPSA) is 3.24 Å². The summed E-state index contributed by atoms with van der Waals surface area (Å²) in [5, 5.41) is 0. The van der Waals surface area contributed by atoms with Crippen LogP contribution in [0.15, 0.2) is 36.5 Å². The summed E-state index contributed by atoms with van der Waals surface area (Å²) >= 11 is 0. The lowest BCUT2D eigenvalue weighted by atomic mass is 10.1. The molecule has 0 bridgehead atoms. The molecule has 0 aromatic heterocycles. The van der Waals surface area contributed by atoms with Gasteiger partial charge in [-0.05, 0) is 38.5 Å². The highest BCUT2D eigenvalue weighted by atomic mass is 15.1. The second kappa shape index (κ2) is 27.2. The van der Waals surface area contributed by atoms with E-state index in [9.17, 15) is 0 Å². The van der Waals surface area contributed by atoms with E-state index in [1.54, 1.807) is 0 Å². The van der Waals surface area contributed by atoms with E-state index in [0.717, 1.165) is 19.6 Å². The maximum Gasteiger partial charge on any atom is 0.0169 e. The van der Waals surface area contributed by atoms with Crippen LogP contribution in [0.3, 0.4) is 0 Å². The lowest BCUT2D eigenvalue weighted by Crippen LogP contribution is -2.24. The van der Waals surface area contributed by atoms with Crippen molar-refractivity contribution in [2.24, 2.45) is 0 Å². The van der Waals surface area contributed by atoms with E-state index in [-0.39, 0.29) is 0 Å². The molecule has 0 spiro atoms. The maximum absolute atomic E-state index is 2.56. The third-order valence-electron chi connectivity index (χ3n) is 6.01. The molecule has 0 aliphatic rings. The third-order valence-corrected chi connectivity index (χ3v) is 6.01. The van der Waals surface area contributed by atoms with Gasteiger partial charge in [0.15, 0.2) is 0 Å². The lowest BCUT2D eigenvalue weighted by Gasteiger charge is -2.16. The summed E-state index contributed by atoms with van der Waals surface area (Å²) in [6.07, 6.45) is 38.8. The van der Waals surface area contributed by atoms with Gasteiger partial charge in [0, 0.05) is 19.6 Å². The van der Waals surface area contributed by atoms with Crippen molar-refractivity contribution >= 4 is 0 Å². The first-order valence-electron chi connectivity index (χ1n) is 14.0. The molecule has 0 rings (SSSR count). The van der Waals surface area contributed by atoms with Gasteiger partial charge in [0.05, 0.1) is 0 Å². The van der Waals surface area contributed by atoms with Gasteiger partial charge in [0.2, 0.25) is 0 Å². The van der Waals surface area contributed by atoms with Crippen molar-refractivity contribution in [3.63, 3.8) is 0 Å². The molecule has 182 valence electrons. The first-order valence-corrected chi connectivity index (χ1v) is 14.0. The van der Waals surface area contributed by atoms with Gasteiger partial charge in [-0.2, -0.15) is 0 Å². The molecule has 0 aliphatic carbocycles. The monoisotopic (exact) mass is 431 g/mol. The zero-order valence-corrected chi connectivity index (χ0v) is 21.8. The summed E-state index contributed by atoms with van der Waals surface area (Å²) in [7, 11) is 0. The molecule has 0 unspecified atom stereocenters. The van der Waals surface area contributed by atoms with Gasteiger partial charge in [-0.25, -0.2) is 0 Å². The molecule has 0 saturated carbocycles. The Hall–Kier alpha value is -0.820. The summed E-state index contributed by atoms with van der Waals surface area (Å²) in [4.78, 5) is 2.56. The predicted octanol–water partition coefficient (Wildman–Crippen LogP) is 10.0. The van der Waals surface area contributed by atoms with Crippen LogP contribution in [0.25, 0.3) is 0 Å². The van der Waals surface area contributed by atoms with Gasteiger partial charge < -0.3 is 0 Å². The van der Waals surface area contributed by atoms with Crippen LogP contribution in [0.1, 0.15) is 136 Å². The second-order valence-electron chi connectivity index (χ2n) is 9.24. The van der Waals surface area contributed by atoms with Crippen molar-refractivity contribution < 1.29 is 0 Å². The van der Waals surface area contributed by atoms with E-state index < -0.39 is 0 Å². The Morgan fingerprint density at radius 3 is 0.935 bits per heavy atom. The van der Waals surface area contributed by atoms with Crippen molar-refractivity contribution in [3.8, 4) is 0 Å². The molecular formula is C30H57N. The van der Waals surface area contributed by atoms with Gasteiger partial charge in [-0.15, -0.1) is 0 Å². The zero-order chi connectivity index (χ0) is 22.7. The number of hydrogen-bond donors (Lipinski definition) is 0. The molecule has 0 radical (unpaired) electrons. The average molecular weight is 432 g/mol. The fourth-order valence-corrected chi connectivity index (χ4v) is 3.85. The third kappa shape index (κ3) is 25.3. The van der Waals surface area contributed by atoms with Gasteiger partial charge >= 0.3 is 0 Å². The summed E-state index contributed by atoms with van der Waals surface area (Å²) in [5.41, 5.74) is 0. The zero-order valence-electron chi connectivity index (χ0n) is 21.8. The minimum absolute atomic E-state index is 1.08. The molecule has 1 heteroatoms. The van der Waals surface area contributed by atoms with Gasteiger partial charge in [-0.1, -0.05) is 134 Å². The highest BCUT2D eigenvalue weighted by Crippen LogP contribution is 2.08. The predicted molar refractivity (Wildman–Crippen MR) is 144 cm³/mol. The average Bonchev–Trinajstić information content (AvgIpc) is 2.78. The maximum atomic E-state index is 2.56. The Morgan fingerprint density at radius 2 is 0.645 bits per heavy atom. The quantitative estimate of drug-likeness (QED) is 0.108. The number of nitrogens with zero attached hydrogens (tertiary/aromatic N) is 1. The highest BCUT2D eigenvalue weighted by molar-refractivity contribution is 4.93. The summed E-state index contributed by atoms with van der Waals surface area (Å²) in [6, 6.07) is 0. The first-order chi connectivity index (χ1) is 15.3. The number of rotatable bonds is 24. The molecule has 0 aromatic rings. The van der Waals surface area contributed by atoms with E-state index >= 15 is 0 Å². The molecule has 0 aromatic carbocycles. The van der Waals surface area contributed by atoms with Crippen LogP contribution in [0.5, 0.6) is 0 Å². The molecular weight excluding hydrogens is 374 g/mol. The number of allylic oxidation sites excluding steroid dienone is 3. The smallest absolute Gasteiger partial charge is 0.0169 e. The van der Waals surface area contributed by atoms with Crippen molar-refractivity contribution in [2.75, 3.05) is 19.6 Å². The molecule has 0 amide bonds. The number of unbranched alkanes of at least 4 members (excludes halogenated alkanes) is 15. The molecule has 0 aliphatic heterocycles. The SMILES string of the molecule is CCCCCCC/C=C/CN(C/C=C/CCCCCCC)C/C=C/CCCCCCC. The van der Waals surface area contributed by atoms with Crippen LogP contribution in [-0.2, 0) is 0 Å². The summed E-state index contributed by atoms with van der Waals surface area (Å²) in [5.74, 6) is 0. The van der Waals surface area contributed by atoms with Crippen LogP contribution in [-0.4, -0.2) is 24.5 Å². The fraction of sp³-hybridized carbons (Fsp3) is 0.800. The van der Waals surface area contributed by atoms with Crippen LogP contribution in [0.2, 0.25) is 0 Å². The van der Waals surface area contributed by atoms with Gasteiger partial charge in [0.25, 0.3) is 0 Å². The van der Waals surface area contributed by atoms with Crippen LogP contribution in [0.4, 0.5) is 0 Å². The van der Waals surface area contributed by atoms with Crippen LogP contribution in [0, 0.1) is 0 Å². The molecule has 0 N–H and O–H groups in total. The Morgan fingerprint density at radius 1 is 0.355 bits per heavy atom. The lowest BCUT2D eigenvalue weighted by molar-refractivity contribution is 0.371. The van der Waals surface area contributed by atoms with E-state index in [2.05, 4.69) is 62.1 Å². The fourth-order valence-electron chi connectivity index (χ4n) is 3.85. The van der Waals surface area contributed by atoms with Crippen molar-refractivity contribution in [1.29, 1.82) is 0 Å². The number of hydrogen-bond acceptors (Lipinski definition) is 1. The van der Waals surface area contributed by atoms with Crippen molar-refractivity contribution in [2.45, 2.75) is 136 Å². The van der Waals surface area contributed by atoms with Crippen LogP contribution < -0.4 is 0 Å². The van der Waals surface area contributed by atoms with Crippen molar-refractivity contribution in [3.05, 3.63) is 36.5 Å². The Labute approximate surface area is 197 Å². The van der Waals surface area contributed by atoms with E-state index in [1.165, 1.54) is 116 Å². The van der Waals surface area contributed by atoms with Gasteiger partial charge in [-0.3, -0.25) is 4.90 Å². The normalized spacial score (nSPS) is 12.4. The second-order valence-corrected chi connectivity index (χ2v) is 9.24. The molecule has 1 nitrogen and oxygen atoms in total. The van der Waals surface area contributed by atoms with Gasteiger partial charge in [0.1, 0.15) is 0 Å². The standard InChI is InChI=1S/C30H57N/c1-4-7-10-13-16-19-22-25-28-31(29-26-23-20-17-14-11-8-5-2)30-27-24-21-18-15-12-9-6-3/h22-27H,4-21,28-30H2,1-3H3/b25-22+,26-23+,27-24+.